The fourth-order valence-corrected chi connectivity index (χ4v) is 6.58. The van der Waals surface area contributed by atoms with Crippen LogP contribution in [0.3, 0.4) is 0 Å². The second-order valence-corrected chi connectivity index (χ2v) is 11.4. The number of allylic oxidation sites excluding steroid dienone is 1. The number of hydrogen-bond acceptors (Lipinski definition) is 6. The highest BCUT2D eigenvalue weighted by Crippen LogP contribution is 2.45. The van der Waals surface area contributed by atoms with Crippen LogP contribution in [0.4, 0.5) is 0 Å². The highest BCUT2D eigenvalue weighted by Gasteiger charge is 2.31. The van der Waals surface area contributed by atoms with Crippen LogP contribution in [-0.2, 0) is 4.79 Å². The van der Waals surface area contributed by atoms with Gasteiger partial charge in [0.05, 0.1) is 22.2 Å². The van der Waals surface area contributed by atoms with Crippen LogP contribution in [0.25, 0.3) is 16.0 Å². The Balaban J connectivity index is 1.30. The van der Waals surface area contributed by atoms with Crippen LogP contribution in [0.1, 0.15) is 28.2 Å². The standard InChI is InChI=1S/C32H25N3O2S2/c1-21-11-5-6-14-23(21)30-24-15-7-9-17-27(24)37-31(22-12-3-2-4-13-22)25(30)19-33-35-29(36)20-38-32-34-26-16-8-10-18-28(26)39-32/h2-19,30H,20H2,1H3,(H,35,36)/t30-/m1/s1. The molecule has 2 heterocycles. The molecule has 1 aliphatic heterocycles. The normalized spacial score (nSPS) is 14.8. The first-order valence-electron chi connectivity index (χ1n) is 12.6. The lowest BCUT2D eigenvalue weighted by Gasteiger charge is -2.30. The number of thioether (sulfide) groups is 1. The summed E-state index contributed by atoms with van der Waals surface area (Å²) in [5, 5.41) is 4.41. The highest BCUT2D eigenvalue weighted by atomic mass is 32.2. The molecule has 39 heavy (non-hydrogen) atoms. The van der Waals surface area contributed by atoms with Gasteiger partial charge < -0.3 is 4.74 Å². The molecule has 1 aliphatic rings. The van der Waals surface area contributed by atoms with Gasteiger partial charge in [-0.25, -0.2) is 10.4 Å². The third-order valence-electron chi connectivity index (χ3n) is 6.54. The Morgan fingerprint density at radius 2 is 1.67 bits per heavy atom. The van der Waals surface area contributed by atoms with E-state index in [-0.39, 0.29) is 17.6 Å². The first kappa shape index (κ1) is 25.1. The number of ether oxygens (including phenoxy) is 1. The van der Waals surface area contributed by atoms with Crippen molar-refractivity contribution in [1.82, 2.24) is 10.4 Å². The summed E-state index contributed by atoms with van der Waals surface area (Å²) in [5.74, 6) is 1.47. The second kappa shape index (κ2) is 11.3. The summed E-state index contributed by atoms with van der Waals surface area (Å²) in [6.07, 6.45) is 1.73. The molecule has 1 atom stereocenters. The van der Waals surface area contributed by atoms with Gasteiger partial charge in [-0.3, -0.25) is 4.79 Å². The van der Waals surface area contributed by atoms with Crippen molar-refractivity contribution in [3.8, 4) is 5.75 Å². The van der Waals surface area contributed by atoms with E-state index >= 15 is 0 Å². The summed E-state index contributed by atoms with van der Waals surface area (Å²) in [6.45, 7) is 2.12. The maximum absolute atomic E-state index is 12.7. The number of nitrogens with one attached hydrogen (secondary N) is 1. The molecule has 0 spiro atoms. The van der Waals surface area contributed by atoms with Crippen LogP contribution in [0.2, 0.25) is 0 Å². The van der Waals surface area contributed by atoms with Crippen molar-refractivity contribution >= 4 is 51.2 Å². The Bertz CT molecular complexity index is 1680. The fraction of sp³-hybridized carbons (Fsp3) is 0.0938. The highest BCUT2D eigenvalue weighted by molar-refractivity contribution is 8.01. The van der Waals surface area contributed by atoms with Crippen LogP contribution in [0.15, 0.2) is 118 Å². The predicted octanol–water partition coefficient (Wildman–Crippen LogP) is 7.43. The third kappa shape index (κ3) is 5.37. The predicted molar refractivity (Wildman–Crippen MR) is 160 cm³/mol. The van der Waals surface area contributed by atoms with Crippen molar-refractivity contribution in [2.75, 3.05) is 5.75 Å². The van der Waals surface area contributed by atoms with Gasteiger partial charge in [0.1, 0.15) is 11.5 Å². The Morgan fingerprint density at radius 3 is 2.49 bits per heavy atom. The number of benzene rings is 4. The maximum Gasteiger partial charge on any atom is 0.250 e. The SMILES string of the molecule is Cc1ccccc1[C@H]1C(C=NNC(=O)CSc2nc3ccccc3s2)=C(c2ccccc2)Oc2ccccc21. The molecule has 4 aromatic carbocycles. The minimum Gasteiger partial charge on any atom is -0.456 e. The molecule has 0 aliphatic carbocycles. The first-order valence-corrected chi connectivity index (χ1v) is 14.4. The molecule has 1 aromatic heterocycles. The van der Waals surface area contributed by atoms with Crippen LogP contribution in [0, 0.1) is 6.92 Å². The van der Waals surface area contributed by atoms with E-state index < -0.39 is 0 Å². The first-order chi connectivity index (χ1) is 19.2. The van der Waals surface area contributed by atoms with Crippen molar-refractivity contribution in [2.45, 2.75) is 17.2 Å². The minimum atomic E-state index is -0.193. The largest absolute Gasteiger partial charge is 0.456 e. The smallest absolute Gasteiger partial charge is 0.250 e. The summed E-state index contributed by atoms with van der Waals surface area (Å²) in [7, 11) is 0. The molecule has 192 valence electrons. The van der Waals surface area contributed by atoms with Crippen LogP contribution >= 0.6 is 23.1 Å². The van der Waals surface area contributed by atoms with Crippen LogP contribution < -0.4 is 10.2 Å². The molecule has 0 unspecified atom stereocenters. The monoisotopic (exact) mass is 547 g/mol. The van der Waals surface area contributed by atoms with Gasteiger partial charge in [0.25, 0.3) is 5.91 Å². The number of amides is 1. The summed E-state index contributed by atoms with van der Waals surface area (Å²) in [6, 6.07) is 34.5. The molecule has 0 radical (unpaired) electrons. The lowest BCUT2D eigenvalue weighted by Crippen LogP contribution is -2.22. The molecule has 0 fully saturated rings. The number of carbonyl (C=O) groups excluding carboxylic acids is 1. The van der Waals surface area contributed by atoms with E-state index in [1.165, 1.54) is 22.9 Å². The Kier molecular flexibility index (Phi) is 7.25. The van der Waals surface area contributed by atoms with Crippen molar-refractivity contribution < 1.29 is 9.53 Å². The molecule has 1 amide bonds. The number of nitrogens with zero attached hydrogens (tertiary/aromatic N) is 2. The van der Waals surface area contributed by atoms with E-state index in [1.807, 2.05) is 78.9 Å². The van der Waals surface area contributed by atoms with E-state index in [0.717, 1.165) is 42.8 Å². The zero-order valence-corrected chi connectivity index (χ0v) is 22.8. The second-order valence-electron chi connectivity index (χ2n) is 9.11. The summed E-state index contributed by atoms with van der Waals surface area (Å²) < 4.78 is 8.45. The van der Waals surface area contributed by atoms with Gasteiger partial charge in [0, 0.05) is 22.6 Å². The van der Waals surface area contributed by atoms with E-state index in [0.29, 0.717) is 0 Å². The Labute approximate surface area is 235 Å². The third-order valence-corrected chi connectivity index (χ3v) is 8.72. The molecule has 5 aromatic rings. The average Bonchev–Trinajstić information content (AvgIpc) is 3.40. The van der Waals surface area contributed by atoms with Crippen LogP contribution in [-0.4, -0.2) is 22.9 Å². The number of thiazole rings is 1. The molecular weight excluding hydrogens is 523 g/mol. The van der Waals surface area contributed by atoms with Crippen molar-refractivity contribution in [1.29, 1.82) is 0 Å². The van der Waals surface area contributed by atoms with Gasteiger partial charge in [0.2, 0.25) is 0 Å². The van der Waals surface area contributed by atoms with Gasteiger partial charge in [0.15, 0.2) is 4.34 Å². The number of aromatic nitrogens is 1. The molecule has 1 N–H and O–H groups in total. The molecule has 0 saturated heterocycles. The molecular formula is C32H25N3O2S2. The van der Waals surface area contributed by atoms with Crippen molar-refractivity contribution in [3.05, 3.63) is 131 Å². The van der Waals surface area contributed by atoms with Crippen LogP contribution in [0.5, 0.6) is 5.75 Å². The van der Waals surface area contributed by atoms with Crippen molar-refractivity contribution in [2.24, 2.45) is 5.10 Å². The van der Waals surface area contributed by atoms with E-state index in [2.05, 4.69) is 46.7 Å². The zero-order valence-electron chi connectivity index (χ0n) is 21.2. The van der Waals surface area contributed by atoms with E-state index in [9.17, 15) is 4.79 Å². The number of aryl methyl sites for hydroxylation is 1. The quantitative estimate of drug-likeness (QED) is 0.131. The van der Waals surface area contributed by atoms with Gasteiger partial charge in [-0.2, -0.15) is 5.10 Å². The summed E-state index contributed by atoms with van der Waals surface area (Å²) in [4.78, 5) is 17.3. The zero-order chi connectivity index (χ0) is 26.6. The number of hydrogen-bond donors (Lipinski definition) is 1. The Morgan fingerprint density at radius 1 is 0.949 bits per heavy atom. The topological polar surface area (TPSA) is 63.6 Å². The Hall–Kier alpha value is -4.20. The van der Waals surface area contributed by atoms with Crippen molar-refractivity contribution in [3.63, 3.8) is 0 Å². The summed E-state index contributed by atoms with van der Waals surface area (Å²) in [5.41, 5.74) is 8.90. The average molecular weight is 548 g/mol. The van der Waals surface area contributed by atoms with Gasteiger partial charge in [-0.05, 0) is 36.2 Å². The minimum absolute atomic E-state index is 0.107. The molecule has 7 heteroatoms. The number of fused-ring (bicyclic) bond motifs is 2. The maximum atomic E-state index is 12.7. The summed E-state index contributed by atoms with van der Waals surface area (Å²) >= 11 is 3.00. The molecule has 5 nitrogen and oxygen atoms in total. The number of para-hydroxylation sites is 2. The lowest BCUT2D eigenvalue weighted by atomic mass is 9.80. The van der Waals surface area contributed by atoms with Gasteiger partial charge in [-0.1, -0.05) is 96.7 Å². The van der Waals surface area contributed by atoms with Gasteiger partial charge >= 0.3 is 0 Å². The van der Waals surface area contributed by atoms with E-state index in [4.69, 9.17) is 4.74 Å². The molecule has 0 bridgehead atoms. The van der Waals surface area contributed by atoms with E-state index in [1.54, 1.807) is 17.6 Å². The number of rotatable bonds is 7. The molecule has 6 rings (SSSR count). The van der Waals surface area contributed by atoms with Gasteiger partial charge in [-0.15, -0.1) is 11.3 Å². The number of carbonyl (C=O) groups is 1. The number of hydrazone groups is 1. The molecule has 0 saturated carbocycles. The lowest BCUT2D eigenvalue weighted by molar-refractivity contribution is -0.118. The fourth-order valence-electron chi connectivity index (χ4n) is 4.72.